The van der Waals surface area contributed by atoms with Gasteiger partial charge in [-0.3, -0.25) is 14.2 Å². The van der Waals surface area contributed by atoms with Crippen LogP contribution in [-0.4, -0.2) is 69.4 Å². The van der Waals surface area contributed by atoms with E-state index in [2.05, 4.69) is 148 Å². The van der Waals surface area contributed by atoms with Gasteiger partial charge in [-0.1, -0.05) is 264 Å². The number of carbonyl (C=O) groups is 2. The van der Waals surface area contributed by atoms with Crippen molar-refractivity contribution in [3.63, 3.8) is 0 Å². The Balaban J connectivity index is 5.27. The van der Waals surface area contributed by atoms with Crippen LogP contribution in [0.15, 0.2) is 134 Å². The molecule has 0 radical (unpaired) electrons. The third-order valence-electron chi connectivity index (χ3n) is 14.1. The zero-order valence-electron chi connectivity index (χ0n) is 54.1. The minimum absolute atomic E-state index is 0.0357. The largest absolute Gasteiger partial charge is 0.756 e. The van der Waals surface area contributed by atoms with Crippen LogP contribution in [0.5, 0.6) is 0 Å². The first-order valence-corrected chi connectivity index (χ1v) is 35.0. The Hall–Kier alpha value is -3.85. The van der Waals surface area contributed by atoms with Gasteiger partial charge in [0, 0.05) is 12.8 Å². The summed E-state index contributed by atoms with van der Waals surface area (Å²) in [6, 6.07) is -0.914. The lowest BCUT2D eigenvalue weighted by molar-refractivity contribution is -0.870. The molecule has 0 spiro atoms. The Morgan fingerprint density at radius 2 is 0.771 bits per heavy atom. The lowest BCUT2D eigenvalue weighted by Crippen LogP contribution is -2.47. The molecule has 1 amide bonds. The number of unbranched alkanes of at least 4 members (excludes halogenated alkanes) is 23. The highest BCUT2D eigenvalue weighted by Gasteiger charge is 2.27. The standard InChI is InChI=1S/C73H125N2O7P/c1-7-10-13-16-19-22-25-28-30-32-34-36-37-39-41-43-45-48-51-54-57-60-63-66-73(77)82-71(64-61-58-55-52-49-46-27-24-21-18-15-12-9-3)70(69-81-83(78,79)80-68-67-75(4,5)6)74-72(76)65-62-59-56-53-50-47-44-42-40-38-35-33-31-29-26-23-20-17-14-11-8-2/h10-11,13-14,19-20,22-23,28-31,34-36,38-39,41-42,44,61,64,70-71H,7-9,12,15-18,21,24-27,32-33,37,40,43,45-60,62-63,65-69H2,1-6H3,(H-,74,76,78,79)/b13-10-,14-11-,22-19-,23-20-,30-28-,31-29-,36-34-,38-35-,41-39-,44-42-,64-61+. The number of quaternary nitrogens is 1. The lowest BCUT2D eigenvalue weighted by atomic mass is 10.0. The van der Waals surface area contributed by atoms with Gasteiger partial charge < -0.3 is 28.5 Å². The molecule has 83 heavy (non-hydrogen) atoms. The van der Waals surface area contributed by atoms with Crippen LogP contribution in [0.2, 0.25) is 0 Å². The number of nitrogens with zero attached hydrogens (tertiary/aromatic N) is 1. The molecule has 1 N–H and O–H groups in total. The van der Waals surface area contributed by atoms with Crippen molar-refractivity contribution >= 4 is 19.7 Å². The highest BCUT2D eigenvalue weighted by Crippen LogP contribution is 2.38. The van der Waals surface area contributed by atoms with E-state index in [1.165, 1.54) is 77.0 Å². The molecular weight excluding hydrogens is 1050 g/mol. The molecule has 0 rings (SSSR count). The average Bonchev–Trinajstić information content (AvgIpc) is 3.47. The van der Waals surface area contributed by atoms with Crippen molar-refractivity contribution in [3.8, 4) is 0 Å². The van der Waals surface area contributed by atoms with Crippen molar-refractivity contribution in [3.05, 3.63) is 134 Å². The summed E-state index contributed by atoms with van der Waals surface area (Å²) in [5, 5.41) is 3.02. The van der Waals surface area contributed by atoms with Gasteiger partial charge in [-0.15, -0.1) is 0 Å². The van der Waals surface area contributed by atoms with Crippen molar-refractivity contribution in [2.24, 2.45) is 0 Å². The minimum atomic E-state index is -4.72. The summed E-state index contributed by atoms with van der Waals surface area (Å²) in [5.74, 6) is -0.582. The molecule has 0 aromatic heterocycles. The van der Waals surface area contributed by atoms with E-state index in [0.29, 0.717) is 23.9 Å². The Bertz CT molecular complexity index is 1880. The quantitative estimate of drug-likeness (QED) is 0.0212. The van der Waals surface area contributed by atoms with Crippen molar-refractivity contribution in [2.75, 3.05) is 40.9 Å². The number of amides is 1. The van der Waals surface area contributed by atoms with Crippen molar-refractivity contribution in [1.29, 1.82) is 0 Å². The van der Waals surface area contributed by atoms with Crippen LogP contribution in [0, 0.1) is 0 Å². The van der Waals surface area contributed by atoms with E-state index in [1.54, 1.807) is 0 Å². The molecule has 0 saturated carbocycles. The lowest BCUT2D eigenvalue weighted by Gasteiger charge is -2.30. The summed E-state index contributed by atoms with van der Waals surface area (Å²) in [5.41, 5.74) is 0. The molecule has 3 atom stereocenters. The van der Waals surface area contributed by atoms with E-state index >= 15 is 0 Å². The molecule has 0 aliphatic carbocycles. The zero-order chi connectivity index (χ0) is 60.7. The van der Waals surface area contributed by atoms with E-state index in [-0.39, 0.29) is 31.3 Å². The summed E-state index contributed by atoms with van der Waals surface area (Å²) >= 11 is 0. The maximum atomic E-state index is 13.6. The Morgan fingerprint density at radius 1 is 0.434 bits per heavy atom. The number of esters is 1. The SMILES string of the molecule is CC/C=C\C/C=C\C/C=C\C/C=C\C/C=C\CCCCCCCCCC(=O)OC(/C=C/CCCCCCCCCCCCC)C(COP(=O)([O-])OCC[N+](C)(C)C)NC(=O)CCCCCCC/C=C\C/C=C\C/C=C\C/C=C\C/C=C\CC. The molecule has 0 aromatic carbocycles. The summed E-state index contributed by atoms with van der Waals surface area (Å²) in [7, 11) is 1.15. The van der Waals surface area contributed by atoms with Crippen LogP contribution in [0.1, 0.15) is 265 Å². The van der Waals surface area contributed by atoms with Gasteiger partial charge in [-0.25, -0.2) is 0 Å². The number of allylic oxidation sites excluding steroid dienone is 21. The highest BCUT2D eigenvalue weighted by atomic mass is 31.2. The van der Waals surface area contributed by atoms with Crippen molar-refractivity contribution < 1.29 is 37.3 Å². The number of carbonyl (C=O) groups excluding carboxylic acids is 2. The number of hydrogen-bond acceptors (Lipinski definition) is 7. The zero-order valence-corrected chi connectivity index (χ0v) is 55.0. The van der Waals surface area contributed by atoms with Crippen LogP contribution in [-0.2, 0) is 27.9 Å². The molecular formula is C73H125N2O7P. The predicted molar refractivity (Wildman–Crippen MR) is 357 cm³/mol. The molecule has 0 fully saturated rings. The molecule has 474 valence electrons. The first-order chi connectivity index (χ1) is 40.4. The van der Waals surface area contributed by atoms with Gasteiger partial charge in [-0.05, 0) is 122 Å². The van der Waals surface area contributed by atoms with Crippen LogP contribution >= 0.6 is 7.82 Å². The number of ether oxygens (including phenoxy) is 1. The molecule has 0 aliphatic rings. The average molecular weight is 1170 g/mol. The second-order valence-electron chi connectivity index (χ2n) is 23.2. The monoisotopic (exact) mass is 1170 g/mol. The maximum Gasteiger partial charge on any atom is 0.306 e. The molecule has 0 aromatic rings. The second-order valence-corrected chi connectivity index (χ2v) is 24.6. The van der Waals surface area contributed by atoms with E-state index in [4.69, 9.17) is 13.8 Å². The van der Waals surface area contributed by atoms with Gasteiger partial charge in [0.15, 0.2) is 0 Å². The smallest absolute Gasteiger partial charge is 0.306 e. The fourth-order valence-electron chi connectivity index (χ4n) is 8.99. The van der Waals surface area contributed by atoms with Gasteiger partial charge in [-0.2, -0.15) is 0 Å². The molecule has 0 heterocycles. The number of nitrogens with one attached hydrogen (secondary N) is 1. The predicted octanol–water partition coefficient (Wildman–Crippen LogP) is 20.6. The summed E-state index contributed by atoms with van der Waals surface area (Å²) in [6.07, 6.45) is 87.0. The fraction of sp³-hybridized carbons (Fsp3) is 0.671. The molecule has 10 heteroatoms. The second kappa shape index (κ2) is 61.2. The third-order valence-corrected chi connectivity index (χ3v) is 15.0. The third kappa shape index (κ3) is 62.5. The van der Waals surface area contributed by atoms with E-state index in [0.717, 1.165) is 141 Å². The summed E-state index contributed by atoms with van der Waals surface area (Å²) in [4.78, 5) is 40.1. The fourth-order valence-corrected chi connectivity index (χ4v) is 9.71. The number of phosphoric ester groups is 1. The Morgan fingerprint density at radius 3 is 1.16 bits per heavy atom. The number of phosphoric acid groups is 1. The van der Waals surface area contributed by atoms with Crippen molar-refractivity contribution in [2.45, 2.75) is 277 Å². The van der Waals surface area contributed by atoms with E-state index in [1.807, 2.05) is 33.3 Å². The summed E-state index contributed by atoms with van der Waals surface area (Å²) in [6.45, 7) is 6.59. The molecule has 0 bridgehead atoms. The van der Waals surface area contributed by atoms with Crippen LogP contribution in [0.3, 0.4) is 0 Å². The van der Waals surface area contributed by atoms with Gasteiger partial charge in [0.25, 0.3) is 7.82 Å². The molecule has 3 unspecified atom stereocenters. The van der Waals surface area contributed by atoms with Gasteiger partial charge in [0.1, 0.15) is 19.3 Å². The van der Waals surface area contributed by atoms with Crippen LogP contribution in [0.4, 0.5) is 0 Å². The first-order valence-electron chi connectivity index (χ1n) is 33.5. The normalized spacial score (nSPS) is 14.4. The molecule has 0 saturated heterocycles. The van der Waals surface area contributed by atoms with E-state index in [9.17, 15) is 19.0 Å². The van der Waals surface area contributed by atoms with Gasteiger partial charge in [0.05, 0.1) is 33.8 Å². The first kappa shape index (κ1) is 79.2. The van der Waals surface area contributed by atoms with Gasteiger partial charge in [0.2, 0.25) is 5.91 Å². The summed E-state index contributed by atoms with van der Waals surface area (Å²) < 4.78 is 30.4. The Labute approximate surface area is 511 Å². The molecule has 9 nitrogen and oxygen atoms in total. The van der Waals surface area contributed by atoms with Crippen LogP contribution < -0.4 is 10.2 Å². The van der Waals surface area contributed by atoms with Crippen LogP contribution in [0.25, 0.3) is 0 Å². The maximum absolute atomic E-state index is 13.6. The number of likely N-dealkylation sites (N-methyl/N-ethyl adjacent to an activating group) is 1. The molecule has 0 aliphatic heterocycles. The van der Waals surface area contributed by atoms with Gasteiger partial charge >= 0.3 is 5.97 Å². The van der Waals surface area contributed by atoms with E-state index < -0.39 is 26.6 Å². The number of hydrogen-bond donors (Lipinski definition) is 1. The Kier molecular flexibility index (Phi) is 58.4. The minimum Gasteiger partial charge on any atom is -0.756 e. The highest BCUT2D eigenvalue weighted by molar-refractivity contribution is 7.45. The number of rotatable bonds is 59. The van der Waals surface area contributed by atoms with Crippen molar-refractivity contribution in [1.82, 2.24) is 5.32 Å². The topological polar surface area (TPSA) is 114 Å².